The van der Waals surface area contributed by atoms with Crippen LogP contribution >= 0.6 is 23.2 Å². The van der Waals surface area contributed by atoms with Crippen LogP contribution in [0.2, 0.25) is 10.0 Å². The van der Waals surface area contributed by atoms with Gasteiger partial charge in [0.05, 0.1) is 0 Å². The van der Waals surface area contributed by atoms with Gasteiger partial charge in [0.25, 0.3) is 0 Å². The molecule has 0 spiro atoms. The Balaban J connectivity index is 1.62. The Morgan fingerprint density at radius 3 is 2.28 bits per heavy atom. The third-order valence-electron chi connectivity index (χ3n) is 6.58. The SMILES string of the molecule is CC(C)CNC(=O)[C@H](Cc1ccccc1)N(Cc1c(Cl)cccc1Cl)C(=O)CCc1ccc2c(c1)OCCO2. The predicted molar refractivity (Wildman–Crippen MR) is 155 cm³/mol. The summed E-state index contributed by atoms with van der Waals surface area (Å²) in [5.74, 6) is 1.28. The van der Waals surface area contributed by atoms with Gasteiger partial charge < -0.3 is 19.7 Å². The van der Waals surface area contributed by atoms with E-state index in [0.717, 1.165) is 11.1 Å². The number of nitrogens with zero attached hydrogens (tertiary/aromatic N) is 1. The van der Waals surface area contributed by atoms with Gasteiger partial charge in [-0.05, 0) is 47.7 Å². The first-order valence-electron chi connectivity index (χ1n) is 13.2. The van der Waals surface area contributed by atoms with Crippen molar-refractivity contribution in [1.82, 2.24) is 10.2 Å². The van der Waals surface area contributed by atoms with E-state index >= 15 is 0 Å². The molecule has 39 heavy (non-hydrogen) atoms. The molecule has 0 unspecified atom stereocenters. The molecule has 3 aromatic carbocycles. The smallest absolute Gasteiger partial charge is 0.243 e. The number of aryl methyl sites for hydroxylation is 1. The van der Waals surface area contributed by atoms with Crippen molar-refractivity contribution in [1.29, 1.82) is 0 Å². The van der Waals surface area contributed by atoms with Crippen LogP contribution in [0, 0.1) is 5.92 Å². The van der Waals surface area contributed by atoms with Gasteiger partial charge in [0.15, 0.2) is 11.5 Å². The van der Waals surface area contributed by atoms with E-state index in [1.54, 1.807) is 23.1 Å². The van der Waals surface area contributed by atoms with Crippen molar-refractivity contribution < 1.29 is 19.1 Å². The molecule has 0 aliphatic carbocycles. The average Bonchev–Trinajstić information content (AvgIpc) is 2.94. The van der Waals surface area contributed by atoms with Gasteiger partial charge in [0.2, 0.25) is 11.8 Å². The van der Waals surface area contributed by atoms with Crippen LogP contribution in [0.1, 0.15) is 37.0 Å². The number of hydrogen-bond donors (Lipinski definition) is 1. The zero-order valence-corrected chi connectivity index (χ0v) is 23.8. The molecule has 0 bridgehead atoms. The van der Waals surface area contributed by atoms with E-state index in [0.29, 0.717) is 59.7 Å². The molecule has 3 aromatic rings. The number of amides is 2. The van der Waals surface area contributed by atoms with Crippen molar-refractivity contribution >= 4 is 35.0 Å². The minimum absolute atomic E-state index is 0.116. The molecular formula is C31H34Cl2N2O4. The number of benzene rings is 3. The fourth-order valence-corrected chi connectivity index (χ4v) is 4.99. The Bertz CT molecular complexity index is 1260. The van der Waals surface area contributed by atoms with E-state index in [2.05, 4.69) is 5.32 Å². The highest BCUT2D eigenvalue weighted by Crippen LogP contribution is 2.32. The highest BCUT2D eigenvalue weighted by molar-refractivity contribution is 6.36. The van der Waals surface area contributed by atoms with Gasteiger partial charge in [-0.15, -0.1) is 0 Å². The summed E-state index contributed by atoms with van der Waals surface area (Å²) < 4.78 is 11.3. The fraction of sp³-hybridized carbons (Fsp3) is 0.355. The normalized spacial score (nSPS) is 13.2. The topological polar surface area (TPSA) is 67.9 Å². The average molecular weight is 570 g/mol. The monoisotopic (exact) mass is 568 g/mol. The summed E-state index contributed by atoms with van der Waals surface area (Å²) in [6, 6.07) is 19.9. The number of ether oxygens (including phenoxy) is 2. The van der Waals surface area contributed by atoms with Crippen LogP contribution < -0.4 is 14.8 Å². The van der Waals surface area contributed by atoms with Crippen molar-refractivity contribution in [2.45, 2.75) is 45.7 Å². The second-order valence-electron chi connectivity index (χ2n) is 10.0. The summed E-state index contributed by atoms with van der Waals surface area (Å²) in [6.45, 7) is 5.71. The van der Waals surface area contributed by atoms with Gasteiger partial charge in [0, 0.05) is 41.5 Å². The van der Waals surface area contributed by atoms with Gasteiger partial charge >= 0.3 is 0 Å². The molecule has 206 valence electrons. The van der Waals surface area contributed by atoms with Crippen LogP contribution in [-0.4, -0.2) is 42.5 Å². The van der Waals surface area contributed by atoms with E-state index in [4.69, 9.17) is 32.7 Å². The van der Waals surface area contributed by atoms with Crippen LogP contribution in [0.5, 0.6) is 11.5 Å². The molecule has 2 amide bonds. The highest BCUT2D eigenvalue weighted by Gasteiger charge is 2.31. The first kappa shape index (κ1) is 28.8. The van der Waals surface area contributed by atoms with E-state index in [1.165, 1.54) is 0 Å². The van der Waals surface area contributed by atoms with E-state index in [1.807, 2.05) is 62.4 Å². The summed E-state index contributed by atoms with van der Waals surface area (Å²) in [6.07, 6.45) is 1.04. The standard InChI is InChI=1S/C31H34Cl2N2O4/c1-21(2)19-34-31(37)27(17-22-7-4-3-5-8-22)35(20-24-25(32)9-6-10-26(24)33)30(36)14-12-23-11-13-28-29(18-23)39-16-15-38-28/h3-11,13,18,21,27H,12,14-17,19-20H2,1-2H3,(H,34,37)/t27-/m0/s1. The van der Waals surface area contributed by atoms with Crippen molar-refractivity contribution in [2.75, 3.05) is 19.8 Å². The minimum atomic E-state index is -0.744. The number of hydrogen-bond acceptors (Lipinski definition) is 4. The van der Waals surface area contributed by atoms with Crippen LogP contribution in [0.4, 0.5) is 0 Å². The quantitative estimate of drug-likeness (QED) is 0.303. The second kappa shape index (κ2) is 13.7. The highest BCUT2D eigenvalue weighted by atomic mass is 35.5. The molecule has 1 N–H and O–H groups in total. The number of nitrogens with one attached hydrogen (secondary N) is 1. The summed E-state index contributed by atoms with van der Waals surface area (Å²) >= 11 is 13.0. The largest absolute Gasteiger partial charge is 0.486 e. The molecule has 4 rings (SSSR count). The molecule has 1 atom stereocenters. The maximum absolute atomic E-state index is 13.9. The Kier molecular flexibility index (Phi) is 10.1. The summed E-state index contributed by atoms with van der Waals surface area (Å²) in [7, 11) is 0. The van der Waals surface area contributed by atoms with E-state index < -0.39 is 6.04 Å². The lowest BCUT2D eigenvalue weighted by Crippen LogP contribution is -2.51. The zero-order chi connectivity index (χ0) is 27.8. The van der Waals surface area contributed by atoms with E-state index in [-0.39, 0.29) is 30.7 Å². The summed E-state index contributed by atoms with van der Waals surface area (Å²) in [5, 5.41) is 3.94. The van der Waals surface area contributed by atoms with Crippen molar-refractivity contribution in [3.63, 3.8) is 0 Å². The molecular weight excluding hydrogens is 535 g/mol. The maximum atomic E-state index is 13.9. The molecule has 1 aliphatic heterocycles. The molecule has 0 radical (unpaired) electrons. The lowest BCUT2D eigenvalue weighted by molar-refractivity contribution is -0.141. The van der Waals surface area contributed by atoms with Crippen molar-refractivity contribution in [2.24, 2.45) is 5.92 Å². The van der Waals surface area contributed by atoms with Gasteiger partial charge in [0.1, 0.15) is 19.3 Å². The Hall–Kier alpha value is -3.22. The number of carbonyl (C=O) groups is 2. The van der Waals surface area contributed by atoms with Crippen molar-refractivity contribution in [3.05, 3.63) is 93.5 Å². The van der Waals surface area contributed by atoms with Gasteiger partial charge in [-0.3, -0.25) is 9.59 Å². The predicted octanol–water partition coefficient (Wildman–Crippen LogP) is 6.11. The second-order valence-corrected chi connectivity index (χ2v) is 10.9. The van der Waals surface area contributed by atoms with E-state index in [9.17, 15) is 9.59 Å². The number of fused-ring (bicyclic) bond motifs is 1. The molecule has 0 aromatic heterocycles. The minimum Gasteiger partial charge on any atom is -0.486 e. The molecule has 6 nitrogen and oxygen atoms in total. The van der Waals surface area contributed by atoms with Gasteiger partial charge in [-0.1, -0.05) is 79.5 Å². The van der Waals surface area contributed by atoms with Crippen LogP contribution in [0.15, 0.2) is 66.7 Å². The third kappa shape index (κ3) is 7.90. The van der Waals surface area contributed by atoms with Gasteiger partial charge in [-0.25, -0.2) is 0 Å². The molecule has 0 saturated carbocycles. The number of carbonyl (C=O) groups excluding carboxylic acids is 2. The maximum Gasteiger partial charge on any atom is 0.243 e. The number of halogens is 2. The molecule has 0 saturated heterocycles. The third-order valence-corrected chi connectivity index (χ3v) is 7.29. The molecule has 1 heterocycles. The Morgan fingerprint density at radius 1 is 0.897 bits per heavy atom. The Labute approximate surface area is 240 Å². The Morgan fingerprint density at radius 2 is 1.59 bits per heavy atom. The fourth-order valence-electron chi connectivity index (χ4n) is 4.47. The molecule has 8 heteroatoms. The summed E-state index contributed by atoms with van der Waals surface area (Å²) in [4.78, 5) is 29.1. The lowest BCUT2D eigenvalue weighted by Gasteiger charge is -2.32. The zero-order valence-electron chi connectivity index (χ0n) is 22.3. The first-order valence-corrected chi connectivity index (χ1v) is 14.0. The molecule has 1 aliphatic rings. The van der Waals surface area contributed by atoms with Crippen LogP contribution in [0.3, 0.4) is 0 Å². The summed E-state index contributed by atoms with van der Waals surface area (Å²) in [5.41, 5.74) is 2.52. The van der Waals surface area contributed by atoms with Crippen molar-refractivity contribution in [3.8, 4) is 11.5 Å². The first-order chi connectivity index (χ1) is 18.8. The van der Waals surface area contributed by atoms with Crippen LogP contribution in [-0.2, 0) is 29.0 Å². The lowest BCUT2D eigenvalue weighted by atomic mass is 10.0. The number of rotatable bonds is 11. The molecule has 0 fully saturated rings. The van der Waals surface area contributed by atoms with Gasteiger partial charge in [-0.2, -0.15) is 0 Å². The van der Waals surface area contributed by atoms with Crippen LogP contribution in [0.25, 0.3) is 0 Å².